The van der Waals surface area contributed by atoms with Crippen LogP contribution in [-0.4, -0.2) is 61.5 Å². The Bertz CT molecular complexity index is 1010. The summed E-state index contributed by atoms with van der Waals surface area (Å²) in [6.45, 7) is 14.3. The van der Waals surface area contributed by atoms with Gasteiger partial charge in [-0.2, -0.15) is 0 Å². The number of rotatable bonds is 16. The predicted molar refractivity (Wildman–Crippen MR) is 153 cm³/mol. The molecule has 1 rings (SSSR count). The van der Waals surface area contributed by atoms with Crippen LogP contribution in [0.3, 0.4) is 0 Å². The van der Waals surface area contributed by atoms with Crippen LogP contribution in [0.15, 0.2) is 18.2 Å². The number of hydrogen-bond donors (Lipinski definition) is 1. The lowest BCUT2D eigenvalue weighted by atomic mass is 10.1. The van der Waals surface area contributed by atoms with Crippen LogP contribution in [0, 0.1) is 5.92 Å². The molecule has 0 radical (unpaired) electrons. The Morgan fingerprint density at radius 3 is 1.79 bits per heavy atom. The van der Waals surface area contributed by atoms with E-state index in [0.717, 1.165) is 12.8 Å². The van der Waals surface area contributed by atoms with Gasteiger partial charge >= 0.3 is 24.4 Å². The van der Waals surface area contributed by atoms with Crippen LogP contribution in [0.2, 0.25) is 0 Å². The van der Waals surface area contributed by atoms with E-state index in [1.807, 2.05) is 27.7 Å². The van der Waals surface area contributed by atoms with Crippen molar-refractivity contribution in [2.75, 3.05) is 6.61 Å². The summed E-state index contributed by atoms with van der Waals surface area (Å²) < 4.78 is 36.5. The number of ether oxygens (including phenoxy) is 7. The zero-order chi connectivity index (χ0) is 31.8. The second-order valence-electron chi connectivity index (χ2n) is 10.6. The smallest absolute Gasteiger partial charge is 0.458 e. The van der Waals surface area contributed by atoms with Gasteiger partial charge in [-0.05, 0) is 70.6 Å². The average Bonchev–Trinajstić information content (AvgIpc) is 2.88. The zero-order valence-corrected chi connectivity index (χ0v) is 26.0. The summed E-state index contributed by atoms with van der Waals surface area (Å²) >= 11 is 0. The summed E-state index contributed by atoms with van der Waals surface area (Å²) in [5.74, 6) is -0.805. The van der Waals surface area contributed by atoms with Crippen molar-refractivity contribution in [3.05, 3.63) is 23.8 Å². The molecule has 0 saturated carbocycles. The van der Waals surface area contributed by atoms with Crippen molar-refractivity contribution in [3.63, 3.8) is 0 Å². The zero-order valence-electron chi connectivity index (χ0n) is 26.0. The molecule has 2 N–H and O–H groups in total. The van der Waals surface area contributed by atoms with Gasteiger partial charge in [0.05, 0.1) is 0 Å². The summed E-state index contributed by atoms with van der Waals surface area (Å²) in [7, 11) is 0. The van der Waals surface area contributed by atoms with E-state index in [-0.39, 0.29) is 48.8 Å². The van der Waals surface area contributed by atoms with Crippen LogP contribution in [0.1, 0.15) is 86.6 Å². The van der Waals surface area contributed by atoms with Crippen molar-refractivity contribution in [2.45, 2.75) is 118 Å². The van der Waals surface area contributed by atoms with Gasteiger partial charge < -0.3 is 38.9 Å². The average molecular weight is 598 g/mol. The minimum absolute atomic E-state index is 0.00371. The molecule has 12 nitrogen and oxygen atoms in total. The Morgan fingerprint density at radius 1 is 0.714 bits per heavy atom. The molecule has 3 unspecified atom stereocenters. The Hall–Kier alpha value is -3.54. The molecule has 0 amide bonds. The Balaban J connectivity index is 2.89. The molecule has 5 atom stereocenters. The maximum atomic E-state index is 12.6. The second-order valence-corrected chi connectivity index (χ2v) is 10.6. The molecule has 0 bridgehead atoms. The number of benzene rings is 1. The second kappa shape index (κ2) is 18.8. The lowest BCUT2D eigenvalue weighted by Gasteiger charge is -2.19. The molecule has 0 fully saturated rings. The standard InChI is InChI=1S/C30H47NO11/c1-9-11-19(5)38-29(34)41-25-14-13-23(16-26(25)42-30(35)39-20(6)12-10-2)15-24(31)27(32)37-21(7)17-36-28(33)40-22(8)18(3)4/h13-14,16,18-22,24H,9-12,15,17,31H2,1-8H3/t19-,20?,21?,22?,24-/m0/s1. The number of carbonyl (C=O) groups is 4. The van der Waals surface area contributed by atoms with Crippen molar-refractivity contribution in [1.82, 2.24) is 0 Å². The molecular weight excluding hydrogens is 550 g/mol. The molecule has 0 aliphatic rings. The maximum absolute atomic E-state index is 12.6. The van der Waals surface area contributed by atoms with E-state index in [1.54, 1.807) is 33.8 Å². The molecule has 42 heavy (non-hydrogen) atoms. The van der Waals surface area contributed by atoms with Gasteiger partial charge in [-0.25, -0.2) is 14.4 Å². The first-order chi connectivity index (χ1) is 19.7. The van der Waals surface area contributed by atoms with Crippen LogP contribution >= 0.6 is 0 Å². The highest BCUT2D eigenvalue weighted by atomic mass is 16.8. The molecule has 1 aromatic carbocycles. The maximum Gasteiger partial charge on any atom is 0.514 e. The van der Waals surface area contributed by atoms with Gasteiger partial charge in [-0.1, -0.05) is 46.6 Å². The van der Waals surface area contributed by atoms with E-state index in [4.69, 9.17) is 38.9 Å². The lowest BCUT2D eigenvalue weighted by Crippen LogP contribution is -2.37. The highest BCUT2D eigenvalue weighted by molar-refractivity contribution is 5.76. The minimum atomic E-state index is -1.10. The highest BCUT2D eigenvalue weighted by Crippen LogP contribution is 2.30. The number of esters is 1. The first-order valence-corrected chi connectivity index (χ1v) is 14.4. The fourth-order valence-electron chi connectivity index (χ4n) is 3.49. The molecule has 238 valence electrons. The van der Waals surface area contributed by atoms with Crippen molar-refractivity contribution >= 4 is 24.4 Å². The molecule has 12 heteroatoms. The van der Waals surface area contributed by atoms with Crippen LogP contribution < -0.4 is 15.2 Å². The third-order valence-corrected chi connectivity index (χ3v) is 6.11. The first kappa shape index (κ1) is 36.5. The SMILES string of the molecule is CCCC(C)OC(=O)Oc1cc(C[C@H](N)C(=O)OC(C)COC(=O)OC(C)C(C)C)ccc1OC(=O)O[C@@H](C)CCC. The summed E-state index contributed by atoms with van der Waals surface area (Å²) in [6, 6.07) is 3.27. The van der Waals surface area contributed by atoms with Gasteiger partial charge in [0.15, 0.2) is 11.5 Å². The van der Waals surface area contributed by atoms with Crippen LogP contribution in [0.4, 0.5) is 14.4 Å². The highest BCUT2D eigenvalue weighted by Gasteiger charge is 2.23. The molecular formula is C30H47NO11. The van der Waals surface area contributed by atoms with E-state index in [2.05, 4.69) is 0 Å². The third-order valence-electron chi connectivity index (χ3n) is 6.11. The normalized spacial score (nSPS) is 14.5. The summed E-state index contributed by atoms with van der Waals surface area (Å²) in [6.07, 6.45) is -1.74. The molecule has 0 aromatic heterocycles. The van der Waals surface area contributed by atoms with E-state index >= 15 is 0 Å². The number of hydrogen-bond acceptors (Lipinski definition) is 12. The molecule has 0 heterocycles. The molecule has 1 aromatic rings. The van der Waals surface area contributed by atoms with Gasteiger partial charge in [-0.3, -0.25) is 4.79 Å². The fraction of sp³-hybridized carbons (Fsp3) is 0.667. The number of carbonyl (C=O) groups excluding carboxylic acids is 4. The Morgan fingerprint density at radius 2 is 1.26 bits per heavy atom. The minimum Gasteiger partial charge on any atom is -0.458 e. The fourth-order valence-corrected chi connectivity index (χ4v) is 3.49. The van der Waals surface area contributed by atoms with Crippen LogP contribution in [0.5, 0.6) is 11.5 Å². The van der Waals surface area contributed by atoms with E-state index in [9.17, 15) is 19.2 Å². The summed E-state index contributed by atoms with van der Waals surface area (Å²) in [5.41, 5.74) is 6.55. The van der Waals surface area contributed by atoms with E-state index in [1.165, 1.54) is 12.1 Å². The van der Waals surface area contributed by atoms with Crippen molar-refractivity contribution in [3.8, 4) is 11.5 Å². The molecule has 0 aliphatic heterocycles. The van der Waals surface area contributed by atoms with Crippen molar-refractivity contribution in [2.24, 2.45) is 11.7 Å². The Labute approximate surface area is 248 Å². The van der Waals surface area contributed by atoms with Gasteiger partial charge in [0.1, 0.15) is 37.1 Å². The molecule has 0 spiro atoms. The topological polar surface area (TPSA) is 159 Å². The van der Waals surface area contributed by atoms with Gasteiger partial charge in [0.2, 0.25) is 0 Å². The molecule has 0 saturated heterocycles. The third kappa shape index (κ3) is 14.4. The lowest BCUT2D eigenvalue weighted by molar-refractivity contribution is -0.152. The monoisotopic (exact) mass is 597 g/mol. The first-order valence-electron chi connectivity index (χ1n) is 14.4. The van der Waals surface area contributed by atoms with Gasteiger partial charge in [0.25, 0.3) is 0 Å². The van der Waals surface area contributed by atoms with E-state index < -0.39 is 36.6 Å². The summed E-state index contributed by atoms with van der Waals surface area (Å²) in [4.78, 5) is 49.1. The molecule has 0 aliphatic carbocycles. The summed E-state index contributed by atoms with van der Waals surface area (Å²) in [5, 5.41) is 0. The quantitative estimate of drug-likeness (QED) is 0.133. The van der Waals surface area contributed by atoms with Crippen LogP contribution in [0.25, 0.3) is 0 Å². The Kier molecular flexibility index (Phi) is 16.3. The van der Waals surface area contributed by atoms with Crippen molar-refractivity contribution in [1.29, 1.82) is 0 Å². The predicted octanol–water partition coefficient (Wildman–Crippen LogP) is 6.09. The van der Waals surface area contributed by atoms with Gasteiger partial charge in [0, 0.05) is 0 Å². The van der Waals surface area contributed by atoms with Crippen LogP contribution in [-0.2, 0) is 34.9 Å². The van der Waals surface area contributed by atoms with Gasteiger partial charge in [-0.15, -0.1) is 0 Å². The number of nitrogens with two attached hydrogens (primary N) is 1. The van der Waals surface area contributed by atoms with Crippen molar-refractivity contribution < 1.29 is 52.3 Å². The largest absolute Gasteiger partial charge is 0.514 e. The van der Waals surface area contributed by atoms with E-state index in [0.29, 0.717) is 18.4 Å².